The molecule has 0 atom stereocenters. The van der Waals surface area contributed by atoms with E-state index in [0.717, 1.165) is 16.9 Å². The molecule has 5 nitrogen and oxygen atoms in total. The fourth-order valence-electron chi connectivity index (χ4n) is 3.01. The molecule has 3 aromatic carbocycles. The number of amides is 1. The quantitative estimate of drug-likeness (QED) is 0.414. The normalized spacial score (nSPS) is 10.5. The Morgan fingerprint density at radius 2 is 1.60 bits per heavy atom. The zero-order valence-electron chi connectivity index (χ0n) is 16.3. The molecule has 30 heavy (non-hydrogen) atoms. The third-order valence-corrected chi connectivity index (χ3v) is 4.66. The van der Waals surface area contributed by atoms with Crippen LogP contribution in [0.4, 0.5) is 17.2 Å². The Hall–Kier alpha value is -3.70. The first kappa shape index (κ1) is 19.6. The van der Waals surface area contributed by atoms with E-state index < -0.39 is 0 Å². The van der Waals surface area contributed by atoms with Crippen LogP contribution in [0.15, 0.2) is 84.9 Å². The summed E-state index contributed by atoms with van der Waals surface area (Å²) < 4.78 is 0. The van der Waals surface area contributed by atoms with E-state index in [-0.39, 0.29) is 5.91 Å². The number of rotatable bonds is 5. The second-order valence-corrected chi connectivity index (χ2v) is 7.15. The van der Waals surface area contributed by atoms with Crippen molar-refractivity contribution < 1.29 is 4.79 Å². The van der Waals surface area contributed by atoms with Crippen LogP contribution in [0.2, 0.25) is 5.02 Å². The third kappa shape index (κ3) is 4.82. The number of hydrogen-bond acceptors (Lipinski definition) is 4. The molecule has 4 aromatic rings. The van der Waals surface area contributed by atoms with E-state index in [1.165, 1.54) is 0 Å². The van der Waals surface area contributed by atoms with Gasteiger partial charge in [0.15, 0.2) is 0 Å². The fourth-order valence-corrected chi connectivity index (χ4v) is 3.14. The van der Waals surface area contributed by atoms with E-state index >= 15 is 0 Å². The summed E-state index contributed by atoms with van der Waals surface area (Å²) in [5.74, 6) is 1.12. The van der Waals surface area contributed by atoms with E-state index in [9.17, 15) is 4.79 Å². The molecular formula is C24H19ClN4O. The number of hydrogen-bond donors (Lipinski definition) is 2. The van der Waals surface area contributed by atoms with Crippen molar-refractivity contribution in [2.24, 2.45) is 0 Å². The highest BCUT2D eigenvalue weighted by Gasteiger charge is 2.09. The lowest BCUT2D eigenvalue weighted by Gasteiger charge is -2.11. The lowest BCUT2D eigenvalue weighted by atomic mass is 10.1. The van der Waals surface area contributed by atoms with Crippen LogP contribution >= 0.6 is 11.6 Å². The largest absolute Gasteiger partial charge is 0.340 e. The minimum atomic E-state index is -0.204. The van der Waals surface area contributed by atoms with Crippen LogP contribution in [-0.4, -0.2) is 15.9 Å². The van der Waals surface area contributed by atoms with Crippen molar-refractivity contribution in [1.29, 1.82) is 0 Å². The van der Waals surface area contributed by atoms with Crippen LogP contribution in [0.1, 0.15) is 16.2 Å². The molecular weight excluding hydrogens is 396 g/mol. The number of nitrogens with one attached hydrogen (secondary N) is 2. The molecule has 1 heterocycles. The van der Waals surface area contributed by atoms with Crippen molar-refractivity contribution in [2.75, 3.05) is 10.6 Å². The Balaban J connectivity index is 1.54. The van der Waals surface area contributed by atoms with Gasteiger partial charge < -0.3 is 10.6 Å². The van der Waals surface area contributed by atoms with Crippen LogP contribution in [0.5, 0.6) is 0 Å². The van der Waals surface area contributed by atoms with Crippen molar-refractivity contribution in [1.82, 2.24) is 9.97 Å². The van der Waals surface area contributed by atoms with Gasteiger partial charge in [-0.1, -0.05) is 48.0 Å². The van der Waals surface area contributed by atoms with Crippen molar-refractivity contribution in [3.63, 3.8) is 0 Å². The summed E-state index contributed by atoms with van der Waals surface area (Å²) in [5.41, 5.74) is 3.82. The summed E-state index contributed by atoms with van der Waals surface area (Å²) in [6.45, 7) is 1.85. The maximum atomic E-state index is 12.6. The molecule has 0 saturated heterocycles. The second-order valence-electron chi connectivity index (χ2n) is 6.72. The lowest BCUT2D eigenvalue weighted by molar-refractivity contribution is 0.102. The van der Waals surface area contributed by atoms with Crippen LogP contribution in [0.3, 0.4) is 0 Å². The summed E-state index contributed by atoms with van der Waals surface area (Å²) in [4.78, 5) is 21.6. The Labute approximate surface area is 179 Å². The van der Waals surface area contributed by atoms with Crippen LogP contribution in [0, 0.1) is 6.92 Å². The number of benzene rings is 3. The summed E-state index contributed by atoms with van der Waals surface area (Å²) in [6.07, 6.45) is 0. The van der Waals surface area contributed by atoms with Gasteiger partial charge in [-0.25, -0.2) is 9.97 Å². The Morgan fingerprint density at radius 1 is 0.833 bits per heavy atom. The molecule has 6 heteroatoms. The summed E-state index contributed by atoms with van der Waals surface area (Å²) in [6, 6.07) is 26.1. The molecule has 0 saturated carbocycles. The van der Waals surface area contributed by atoms with Crippen LogP contribution in [-0.2, 0) is 0 Å². The maximum Gasteiger partial charge on any atom is 0.255 e. The predicted octanol–water partition coefficient (Wildman–Crippen LogP) is 6.10. The van der Waals surface area contributed by atoms with Gasteiger partial charge in [0, 0.05) is 33.6 Å². The van der Waals surface area contributed by atoms with Gasteiger partial charge in [0.05, 0.1) is 5.69 Å². The minimum Gasteiger partial charge on any atom is -0.340 e. The second kappa shape index (κ2) is 8.76. The molecule has 0 bridgehead atoms. The number of nitrogens with zero attached hydrogens (tertiary/aromatic N) is 2. The number of carbonyl (C=O) groups is 1. The number of halogens is 1. The van der Waals surface area contributed by atoms with Gasteiger partial charge in [0.2, 0.25) is 0 Å². The van der Waals surface area contributed by atoms with Crippen LogP contribution < -0.4 is 10.6 Å². The number of anilines is 3. The fraction of sp³-hybridized carbons (Fsp3) is 0.0417. The van der Waals surface area contributed by atoms with Crippen molar-refractivity contribution in [2.45, 2.75) is 6.92 Å². The molecule has 0 aliphatic carbocycles. The van der Waals surface area contributed by atoms with Gasteiger partial charge in [-0.3, -0.25) is 4.79 Å². The molecule has 0 radical (unpaired) electrons. The van der Waals surface area contributed by atoms with Gasteiger partial charge in [-0.15, -0.1) is 0 Å². The highest BCUT2D eigenvalue weighted by atomic mass is 35.5. The molecule has 2 N–H and O–H groups in total. The molecule has 1 aromatic heterocycles. The SMILES string of the molecule is Cc1nc(Nc2cccc(C(=O)Nc3ccc(Cl)cc3)c2)cc(-c2ccccc2)n1. The third-order valence-electron chi connectivity index (χ3n) is 4.41. The van der Waals surface area contributed by atoms with Crippen LogP contribution in [0.25, 0.3) is 11.3 Å². The Kier molecular flexibility index (Phi) is 5.72. The topological polar surface area (TPSA) is 66.9 Å². The van der Waals surface area contributed by atoms with Crippen molar-refractivity contribution in [3.05, 3.63) is 101 Å². The smallest absolute Gasteiger partial charge is 0.255 e. The number of aromatic nitrogens is 2. The minimum absolute atomic E-state index is 0.204. The Morgan fingerprint density at radius 3 is 2.37 bits per heavy atom. The first-order valence-corrected chi connectivity index (χ1v) is 9.80. The molecule has 0 aliphatic heterocycles. The highest BCUT2D eigenvalue weighted by Crippen LogP contribution is 2.23. The molecule has 148 valence electrons. The van der Waals surface area contributed by atoms with E-state index in [1.54, 1.807) is 36.4 Å². The standard InChI is InChI=1S/C24H19ClN4O/c1-16-26-22(17-6-3-2-4-7-17)15-23(27-16)28-21-9-5-8-18(14-21)24(30)29-20-12-10-19(25)11-13-20/h2-15H,1H3,(H,29,30)(H,26,27,28). The first-order chi connectivity index (χ1) is 14.6. The maximum absolute atomic E-state index is 12.6. The Bertz CT molecular complexity index is 1180. The average molecular weight is 415 g/mol. The van der Waals surface area contributed by atoms with Gasteiger partial charge in [0.25, 0.3) is 5.91 Å². The average Bonchev–Trinajstić information content (AvgIpc) is 2.76. The number of carbonyl (C=O) groups excluding carboxylic acids is 1. The van der Waals surface area contributed by atoms with Gasteiger partial charge in [-0.05, 0) is 49.4 Å². The van der Waals surface area contributed by atoms with E-state index in [4.69, 9.17) is 11.6 Å². The molecule has 0 unspecified atom stereocenters. The van der Waals surface area contributed by atoms with E-state index in [2.05, 4.69) is 20.6 Å². The zero-order valence-corrected chi connectivity index (χ0v) is 17.0. The first-order valence-electron chi connectivity index (χ1n) is 9.42. The molecule has 0 aliphatic rings. The van der Waals surface area contributed by atoms with Gasteiger partial charge in [-0.2, -0.15) is 0 Å². The molecule has 0 fully saturated rings. The van der Waals surface area contributed by atoms with Crippen molar-refractivity contribution in [3.8, 4) is 11.3 Å². The van der Waals surface area contributed by atoms with E-state index in [0.29, 0.717) is 27.9 Å². The van der Waals surface area contributed by atoms with Gasteiger partial charge in [0.1, 0.15) is 11.6 Å². The van der Waals surface area contributed by atoms with Gasteiger partial charge >= 0.3 is 0 Å². The summed E-state index contributed by atoms with van der Waals surface area (Å²) in [7, 11) is 0. The van der Waals surface area contributed by atoms with Crippen molar-refractivity contribution >= 4 is 34.7 Å². The number of aryl methyl sites for hydroxylation is 1. The molecule has 0 spiro atoms. The van der Waals surface area contributed by atoms with E-state index in [1.807, 2.05) is 55.5 Å². The predicted molar refractivity (Wildman–Crippen MR) is 121 cm³/mol. The molecule has 1 amide bonds. The summed E-state index contributed by atoms with van der Waals surface area (Å²) >= 11 is 5.89. The molecule has 4 rings (SSSR count). The summed E-state index contributed by atoms with van der Waals surface area (Å²) in [5, 5.41) is 6.76. The monoisotopic (exact) mass is 414 g/mol. The zero-order chi connectivity index (χ0) is 20.9. The highest BCUT2D eigenvalue weighted by molar-refractivity contribution is 6.30. The lowest BCUT2D eigenvalue weighted by Crippen LogP contribution is -2.12.